The SMILES string of the molecule is CC(C)C(=O)CCCCC(=O)C(C)C. The van der Waals surface area contributed by atoms with Crippen LogP contribution in [-0.2, 0) is 9.59 Å². The van der Waals surface area contributed by atoms with Gasteiger partial charge in [0.25, 0.3) is 0 Å². The highest BCUT2D eigenvalue weighted by Gasteiger charge is 2.09. The van der Waals surface area contributed by atoms with E-state index in [2.05, 4.69) is 0 Å². The molecule has 0 saturated heterocycles. The van der Waals surface area contributed by atoms with Crippen molar-refractivity contribution >= 4 is 11.6 Å². The van der Waals surface area contributed by atoms with E-state index < -0.39 is 0 Å². The van der Waals surface area contributed by atoms with Gasteiger partial charge in [-0.2, -0.15) is 0 Å². The van der Waals surface area contributed by atoms with Gasteiger partial charge in [0.1, 0.15) is 11.6 Å². The molecule has 14 heavy (non-hydrogen) atoms. The summed E-state index contributed by atoms with van der Waals surface area (Å²) in [6.45, 7) is 7.67. The summed E-state index contributed by atoms with van der Waals surface area (Å²) in [5.41, 5.74) is 0. The number of ketones is 2. The van der Waals surface area contributed by atoms with E-state index in [1.54, 1.807) is 0 Å². The number of hydrogen-bond acceptors (Lipinski definition) is 2. The van der Waals surface area contributed by atoms with Crippen LogP contribution in [0.25, 0.3) is 0 Å². The fourth-order valence-corrected chi connectivity index (χ4v) is 1.18. The molecule has 0 aliphatic heterocycles. The maximum absolute atomic E-state index is 11.2. The smallest absolute Gasteiger partial charge is 0.135 e. The van der Waals surface area contributed by atoms with Gasteiger partial charge in [0.2, 0.25) is 0 Å². The standard InChI is InChI=1S/C12H22O2/c1-9(2)11(13)7-5-6-8-12(14)10(3)4/h9-10H,5-8H2,1-4H3. The molecule has 0 aromatic carbocycles. The van der Waals surface area contributed by atoms with Gasteiger partial charge in [0.15, 0.2) is 0 Å². The Bertz CT molecular complexity index is 170. The molecule has 0 N–H and O–H groups in total. The van der Waals surface area contributed by atoms with Crippen LogP contribution >= 0.6 is 0 Å². The van der Waals surface area contributed by atoms with Crippen molar-refractivity contribution in [1.82, 2.24) is 0 Å². The molecule has 0 saturated carbocycles. The zero-order valence-corrected chi connectivity index (χ0v) is 9.80. The molecule has 0 unspecified atom stereocenters. The van der Waals surface area contributed by atoms with Crippen molar-refractivity contribution in [2.45, 2.75) is 53.4 Å². The number of unbranched alkanes of at least 4 members (excludes halogenated alkanes) is 1. The second-order valence-electron chi connectivity index (χ2n) is 4.45. The first-order valence-electron chi connectivity index (χ1n) is 5.50. The lowest BCUT2D eigenvalue weighted by Gasteiger charge is -2.05. The highest BCUT2D eigenvalue weighted by atomic mass is 16.1. The van der Waals surface area contributed by atoms with Gasteiger partial charge in [0, 0.05) is 24.7 Å². The van der Waals surface area contributed by atoms with E-state index in [0.29, 0.717) is 24.4 Å². The van der Waals surface area contributed by atoms with Gasteiger partial charge >= 0.3 is 0 Å². The quantitative estimate of drug-likeness (QED) is 0.589. The van der Waals surface area contributed by atoms with E-state index in [1.165, 1.54) is 0 Å². The molecule has 0 spiro atoms. The molecule has 0 heterocycles. The van der Waals surface area contributed by atoms with Crippen LogP contribution in [0, 0.1) is 11.8 Å². The van der Waals surface area contributed by atoms with Crippen LogP contribution < -0.4 is 0 Å². The first kappa shape index (κ1) is 13.3. The predicted molar refractivity (Wildman–Crippen MR) is 58.2 cm³/mol. The minimum absolute atomic E-state index is 0.135. The van der Waals surface area contributed by atoms with Crippen LogP contribution in [0.5, 0.6) is 0 Å². The van der Waals surface area contributed by atoms with Crippen molar-refractivity contribution < 1.29 is 9.59 Å². The maximum Gasteiger partial charge on any atom is 0.135 e. The molecule has 0 amide bonds. The molecule has 2 heteroatoms. The van der Waals surface area contributed by atoms with E-state index in [-0.39, 0.29) is 11.8 Å². The third-order valence-corrected chi connectivity index (χ3v) is 2.38. The van der Waals surface area contributed by atoms with Crippen molar-refractivity contribution in [2.75, 3.05) is 0 Å². The Hall–Kier alpha value is -0.660. The summed E-state index contributed by atoms with van der Waals surface area (Å²) in [4.78, 5) is 22.5. The molecule has 0 fully saturated rings. The topological polar surface area (TPSA) is 34.1 Å². The lowest BCUT2D eigenvalue weighted by atomic mass is 9.99. The minimum Gasteiger partial charge on any atom is -0.299 e. The summed E-state index contributed by atoms with van der Waals surface area (Å²) < 4.78 is 0. The molecule has 82 valence electrons. The first-order valence-corrected chi connectivity index (χ1v) is 5.50. The number of carbonyl (C=O) groups excluding carboxylic acids is 2. The second-order valence-corrected chi connectivity index (χ2v) is 4.45. The molecule has 0 aliphatic carbocycles. The van der Waals surface area contributed by atoms with Crippen molar-refractivity contribution in [3.8, 4) is 0 Å². The molecular weight excluding hydrogens is 176 g/mol. The second kappa shape index (κ2) is 6.74. The average Bonchev–Trinajstić information content (AvgIpc) is 2.11. The molecule has 0 bridgehead atoms. The fraction of sp³-hybridized carbons (Fsp3) is 0.833. The van der Waals surface area contributed by atoms with Crippen molar-refractivity contribution in [2.24, 2.45) is 11.8 Å². The van der Waals surface area contributed by atoms with Gasteiger partial charge in [-0.15, -0.1) is 0 Å². The Morgan fingerprint density at radius 1 is 0.786 bits per heavy atom. The number of carbonyl (C=O) groups is 2. The van der Waals surface area contributed by atoms with Crippen molar-refractivity contribution in [3.63, 3.8) is 0 Å². The summed E-state index contributed by atoms with van der Waals surface area (Å²) in [5.74, 6) is 0.885. The largest absolute Gasteiger partial charge is 0.299 e. The molecule has 0 aromatic rings. The average molecular weight is 198 g/mol. The van der Waals surface area contributed by atoms with E-state index >= 15 is 0 Å². The Balaban J connectivity index is 3.48. The summed E-state index contributed by atoms with van der Waals surface area (Å²) in [7, 11) is 0. The lowest BCUT2D eigenvalue weighted by molar-refractivity contribution is -0.123. The van der Waals surface area contributed by atoms with Gasteiger partial charge < -0.3 is 0 Å². The molecule has 2 nitrogen and oxygen atoms in total. The monoisotopic (exact) mass is 198 g/mol. The Labute approximate surface area is 87.1 Å². The van der Waals surface area contributed by atoms with Gasteiger partial charge in [0.05, 0.1) is 0 Å². The van der Waals surface area contributed by atoms with E-state index in [0.717, 1.165) is 12.8 Å². The molecular formula is C12H22O2. The van der Waals surface area contributed by atoms with E-state index in [9.17, 15) is 9.59 Å². The molecule has 0 aliphatic rings. The van der Waals surface area contributed by atoms with Crippen LogP contribution in [0.15, 0.2) is 0 Å². The summed E-state index contributed by atoms with van der Waals surface area (Å²) in [6.07, 6.45) is 2.97. The maximum atomic E-state index is 11.2. The fourth-order valence-electron chi connectivity index (χ4n) is 1.18. The molecule has 0 aromatic heterocycles. The molecule has 0 radical (unpaired) electrons. The highest BCUT2D eigenvalue weighted by Crippen LogP contribution is 2.08. The zero-order chi connectivity index (χ0) is 11.1. The van der Waals surface area contributed by atoms with Crippen LogP contribution in [0.4, 0.5) is 0 Å². The molecule has 0 rings (SSSR count). The third kappa shape index (κ3) is 5.90. The summed E-state index contributed by atoms with van der Waals surface area (Å²) in [5, 5.41) is 0. The molecule has 0 atom stereocenters. The highest BCUT2D eigenvalue weighted by molar-refractivity contribution is 5.81. The Kier molecular flexibility index (Phi) is 6.43. The van der Waals surface area contributed by atoms with Crippen molar-refractivity contribution in [3.05, 3.63) is 0 Å². The van der Waals surface area contributed by atoms with E-state index in [1.807, 2.05) is 27.7 Å². The lowest BCUT2D eigenvalue weighted by Crippen LogP contribution is -2.08. The Morgan fingerprint density at radius 3 is 1.29 bits per heavy atom. The Morgan fingerprint density at radius 2 is 1.07 bits per heavy atom. The first-order chi connectivity index (χ1) is 6.45. The normalized spacial score (nSPS) is 11.0. The van der Waals surface area contributed by atoms with E-state index in [4.69, 9.17) is 0 Å². The third-order valence-electron chi connectivity index (χ3n) is 2.38. The number of rotatable bonds is 7. The minimum atomic E-state index is 0.135. The van der Waals surface area contributed by atoms with Crippen LogP contribution in [0.3, 0.4) is 0 Å². The van der Waals surface area contributed by atoms with Gasteiger partial charge in [-0.3, -0.25) is 9.59 Å². The van der Waals surface area contributed by atoms with Gasteiger partial charge in [-0.25, -0.2) is 0 Å². The zero-order valence-electron chi connectivity index (χ0n) is 9.80. The number of Topliss-reactive ketones (excluding diaryl/α,β-unsaturated/α-hetero) is 2. The summed E-state index contributed by atoms with van der Waals surface area (Å²) >= 11 is 0. The van der Waals surface area contributed by atoms with Crippen LogP contribution in [0.2, 0.25) is 0 Å². The van der Waals surface area contributed by atoms with Gasteiger partial charge in [-0.05, 0) is 12.8 Å². The van der Waals surface area contributed by atoms with Crippen LogP contribution in [-0.4, -0.2) is 11.6 Å². The van der Waals surface area contributed by atoms with Crippen molar-refractivity contribution in [1.29, 1.82) is 0 Å². The summed E-state index contributed by atoms with van der Waals surface area (Å²) in [6, 6.07) is 0. The predicted octanol–water partition coefficient (Wildman–Crippen LogP) is 3.00. The van der Waals surface area contributed by atoms with Crippen LogP contribution in [0.1, 0.15) is 53.4 Å². The van der Waals surface area contributed by atoms with Gasteiger partial charge in [-0.1, -0.05) is 27.7 Å². The number of hydrogen-bond donors (Lipinski definition) is 0.